The van der Waals surface area contributed by atoms with Crippen LogP contribution in [-0.2, 0) is 19.8 Å². The van der Waals surface area contributed by atoms with Crippen LogP contribution in [0.4, 0.5) is 0 Å². The maximum Gasteiger partial charge on any atom is 0.282 e. The second kappa shape index (κ2) is 6.51. The summed E-state index contributed by atoms with van der Waals surface area (Å²) in [6.07, 6.45) is 0. The van der Waals surface area contributed by atoms with E-state index < -0.39 is 10.2 Å². The molecule has 0 spiro atoms. The maximum atomic E-state index is 11.9. The molecule has 0 aromatic rings. The van der Waals surface area contributed by atoms with Crippen LogP contribution in [0, 0.1) is 0 Å². The molecule has 0 aromatic heterocycles. The maximum absolute atomic E-state index is 11.9. The molecule has 8 nitrogen and oxygen atoms in total. The Bertz CT molecular complexity index is 475. The van der Waals surface area contributed by atoms with Gasteiger partial charge in [-0.15, -0.1) is 0 Å². The lowest BCUT2D eigenvalue weighted by atomic mass is 10.3. The normalized spacial score (nSPS) is 17.9. The van der Waals surface area contributed by atoms with Crippen LogP contribution in [-0.4, -0.2) is 80.1 Å². The Labute approximate surface area is 119 Å². The zero-order valence-corrected chi connectivity index (χ0v) is 13.1. The summed E-state index contributed by atoms with van der Waals surface area (Å²) in [6, 6.07) is 0.00742. The number of piperazine rings is 1. The molecule has 1 rings (SSSR count). The number of nitrogens with zero attached hydrogens (tertiary/aromatic N) is 3. The van der Waals surface area contributed by atoms with Crippen LogP contribution < -0.4 is 5.32 Å². The van der Waals surface area contributed by atoms with Crippen LogP contribution >= 0.6 is 0 Å². The van der Waals surface area contributed by atoms with Gasteiger partial charge in [0.1, 0.15) is 0 Å². The first-order valence-electron chi connectivity index (χ1n) is 6.39. The second-order valence-corrected chi connectivity index (χ2v) is 7.30. The molecule has 1 aliphatic heterocycles. The van der Waals surface area contributed by atoms with Gasteiger partial charge in [0, 0.05) is 33.2 Å². The number of rotatable bonds is 5. The molecule has 0 aliphatic carbocycles. The number of nitrogens with one attached hydrogen (secondary N) is 1. The van der Waals surface area contributed by atoms with Crippen LogP contribution in [0.5, 0.6) is 0 Å². The minimum absolute atomic E-state index is 0.00742. The summed E-state index contributed by atoms with van der Waals surface area (Å²) >= 11 is 0. The monoisotopic (exact) mass is 306 g/mol. The van der Waals surface area contributed by atoms with Crippen molar-refractivity contribution in [1.29, 1.82) is 0 Å². The van der Waals surface area contributed by atoms with Crippen LogP contribution in [0.2, 0.25) is 0 Å². The predicted octanol–water partition coefficient (Wildman–Crippen LogP) is -1.54. The molecule has 1 aliphatic rings. The lowest BCUT2D eigenvalue weighted by molar-refractivity contribution is -0.138. The number of carbonyl (C=O) groups excluding carboxylic acids is 2. The van der Waals surface area contributed by atoms with Crippen LogP contribution in [0.3, 0.4) is 0 Å². The summed E-state index contributed by atoms with van der Waals surface area (Å²) in [5.74, 6) is -0.599. The van der Waals surface area contributed by atoms with Gasteiger partial charge in [0.2, 0.25) is 11.8 Å². The Balaban J connectivity index is 2.61. The predicted molar refractivity (Wildman–Crippen MR) is 74.0 cm³/mol. The zero-order chi connectivity index (χ0) is 15.5. The third kappa shape index (κ3) is 4.15. The van der Waals surface area contributed by atoms with Crippen molar-refractivity contribution < 1.29 is 18.0 Å². The van der Waals surface area contributed by atoms with Gasteiger partial charge in [0.15, 0.2) is 0 Å². The Hall–Kier alpha value is -1.19. The zero-order valence-electron chi connectivity index (χ0n) is 12.3. The summed E-state index contributed by atoms with van der Waals surface area (Å²) in [7, 11) is -0.747. The SMILES string of the molecule is CC(C)NC(=O)CN1CCN(S(=O)(=O)N(C)C)CC1=O. The average molecular weight is 306 g/mol. The van der Waals surface area contributed by atoms with Crippen molar-refractivity contribution in [2.45, 2.75) is 19.9 Å². The van der Waals surface area contributed by atoms with Crippen molar-refractivity contribution in [3.8, 4) is 0 Å². The summed E-state index contributed by atoms with van der Waals surface area (Å²) < 4.78 is 26.0. The first-order valence-corrected chi connectivity index (χ1v) is 7.79. The van der Waals surface area contributed by atoms with Crippen molar-refractivity contribution >= 4 is 22.0 Å². The largest absolute Gasteiger partial charge is 0.352 e. The van der Waals surface area contributed by atoms with Gasteiger partial charge in [0.25, 0.3) is 10.2 Å². The molecule has 9 heteroatoms. The molecular formula is C11H22N4O4S. The summed E-state index contributed by atoms with van der Waals surface area (Å²) in [5, 5.41) is 2.70. The lowest BCUT2D eigenvalue weighted by Gasteiger charge is -2.34. The minimum atomic E-state index is -3.59. The fourth-order valence-electron chi connectivity index (χ4n) is 1.82. The van der Waals surface area contributed by atoms with Gasteiger partial charge in [-0.05, 0) is 13.8 Å². The molecule has 0 radical (unpaired) electrons. The quantitative estimate of drug-likeness (QED) is 0.667. The molecule has 20 heavy (non-hydrogen) atoms. The first kappa shape index (κ1) is 16.9. The molecule has 0 saturated carbocycles. The molecule has 116 valence electrons. The first-order chi connectivity index (χ1) is 9.14. The number of hydrogen-bond donors (Lipinski definition) is 1. The Morgan fingerprint density at radius 2 is 1.95 bits per heavy atom. The average Bonchev–Trinajstić information content (AvgIpc) is 2.30. The molecular weight excluding hydrogens is 284 g/mol. The van der Waals surface area contributed by atoms with Gasteiger partial charge in [-0.2, -0.15) is 17.0 Å². The highest BCUT2D eigenvalue weighted by Gasteiger charge is 2.33. The Kier molecular flexibility index (Phi) is 5.49. The van der Waals surface area contributed by atoms with Crippen molar-refractivity contribution in [1.82, 2.24) is 18.8 Å². The molecule has 1 saturated heterocycles. The van der Waals surface area contributed by atoms with E-state index >= 15 is 0 Å². The van der Waals surface area contributed by atoms with Gasteiger partial charge < -0.3 is 10.2 Å². The van der Waals surface area contributed by atoms with E-state index in [4.69, 9.17) is 0 Å². The number of amides is 2. The summed E-state index contributed by atoms with van der Waals surface area (Å²) in [5.41, 5.74) is 0. The number of carbonyl (C=O) groups is 2. The van der Waals surface area contributed by atoms with Crippen molar-refractivity contribution in [3.63, 3.8) is 0 Å². The minimum Gasteiger partial charge on any atom is -0.352 e. The molecule has 0 aromatic carbocycles. The van der Waals surface area contributed by atoms with E-state index in [1.54, 1.807) is 0 Å². The summed E-state index contributed by atoms with van der Waals surface area (Å²) in [6.45, 7) is 3.82. The fraction of sp³-hybridized carbons (Fsp3) is 0.818. The van der Waals surface area contributed by atoms with E-state index in [-0.39, 0.29) is 44.0 Å². The van der Waals surface area contributed by atoms with Gasteiger partial charge in [-0.3, -0.25) is 9.59 Å². The number of hydrogen-bond acceptors (Lipinski definition) is 4. The van der Waals surface area contributed by atoms with E-state index in [1.165, 1.54) is 19.0 Å². The van der Waals surface area contributed by atoms with E-state index in [9.17, 15) is 18.0 Å². The van der Waals surface area contributed by atoms with Crippen LogP contribution in [0.1, 0.15) is 13.8 Å². The van der Waals surface area contributed by atoms with E-state index in [1.807, 2.05) is 13.8 Å². The van der Waals surface area contributed by atoms with Crippen molar-refractivity contribution in [3.05, 3.63) is 0 Å². The Morgan fingerprint density at radius 1 is 1.35 bits per heavy atom. The van der Waals surface area contributed by atoms with Gasteiger partial charge in [-0.1, -0.05) is 0 Å². The molecule has 1 fully saturated rings. The second-order valence-electron chi connectivity index (χ2n) is 5.16. The standard InChI is InChI=1S/C11H22N4O4S/c1-9(2)12-10(16)7-14-5-6-15(8-11(14)17)20(18,19)13(3)4/h9H,5-8H2,1-4H3,(H,12,16). The van der Waals surface area contributed by atoms with Gasteiger partial charge in [0.05, 0.1) is 13.1 Å². The van der Waals surface area contributed by atoms with Gasteiger partial charge in [-0.25, -0.2) is 0 Å². The molecule has 2 amide bonds. The highest BCUT2D eigenvalue weighted by molar-refractivity contribution is 7.86. The van der Waals surface area contributed by atoms with Crippen LogP contribution in [0.15, 0.2) is 0 Å². The van der Waals surface area contributed by atoms with Crippen LogP contribution in [0.25, 0.3) is 0 Å². The van der Waals surface area contributed by atoms with E-state index in [2.05, 4.69) is 5.32 Å². The van der Waals surface area contributed by atoms with Crippen molar-refractivity contribution in [2.75, 3.05) is 40.3 Å². The van der Waals surface area contributed by atoms with Gasteiger partial charge >= 0.3 is 0 Å². The smallest absolute Gasteiger partial charge is 0.282 e. The van der Waals surface area contributed by atoms with E-state index in [0.717, 1.165) is 8.61 Å². The third-order valence-electron chi connectivity index (χ3n) is 2.86. The molecule has 1 N–H and O–H groups in total. The third-order valence-corrected chi connectivity index (χ3v) is 4.74. The fourth-order valence-corrected chi connectivity index (χ4v) is 2.87. The highest BCUT2D eigenvalue weighted by Crippen LogP contribution is 2.10. The van der Waals surface area contributed by atoms with Crippen molar-refractivity contribution in [2.24, 2.45) is 0 Å². The molecule has 0 atom stereocenters. The topological polar surface area (TPSA) is 90.0 Å². The lowest BCUT2D eigenvalue weighted by Crippen LogP contribution is -2.56. The van der Waals surface area contributed by atoms with E-state index in [0.29, 0.717) is 0 Å². The highest BCUT2D eigenvalue weighted by atomic mass is 32.2. The summed E-state index contributed by atoms with van der Waals surface area (Å²) in [4.78, 5) is 24.9. The molecule has 1 heterocycles. The molecule has 0 unspecified atom stereocenters. The molecule has 0 bridgehead atoms. The Morgan fingerprint density at radius 3 is 2.40 bits per heavy atom.